The van der Waals surface area contributed by atoms with Gasteiger partial charge < -0.3 is 20.3 Å². The molecule has 1 rings (SSSR count). The summed E-state index contributed by atoms with van der Waals surface area (Å²) in [4.78, 5) is 13.9. The fourth-order valence-electron chi connectivity index (χ4n) is 2.25. The van der Waals surface area contributed by atoms with E-state index in [1.165, 1.54) is 12.1 Å². The first-order valence-corrected chi connectivity index (χ1v) is 7.51. The Balaban J connectivity index is 2.38. The second-order valence-electron chi connectivity index (χ2n) is 5.86. The number of likely N-dealkylation sites (N-methyl/N-ethyl adjacent to an activating group) is 1. The molecule has 23 heavy (non-hydrogen) atoms. The van der Waals surface area contributed by atoms with Crippen molar-refractivity contribution >= 4 is 6.03 Å². The maximum atomic E-state index is 12.0. The van der Waals surface area contributed by atoms with Crippen LogP contribution in [0.15, 0.2) is 24.3 Å². The molecule has 1 atom stereocenters. The lowest BCUT2D eigenvalue weighted by Crippen LogP contribution is -2.46. The maximum absolute atomic E-state index is 12.0. The van der Waals surface area contributed by atoms with Crippen molar-refractivity contribution in [3.63, 3.8) is 0 Å². The molecular weight excluding hydrogens is 304 g/mol. The first-order chi connectivity index (χ1) is 10.8. The predicted molar refractivity (Wildman–Crippen MR) is 85.6 cm³/mol. The van der Waals surface area contributed by atoms with E-state index in [4.69, 9.17) is 0 Å². The maximum Gasteiger partial charge on any atom is 0.387 e. The van der Waals surface area contributed by atoms with Crippen molar-refractivity contribution in [2.24, 2.45) is 5.92 Å². The van der Waals surface area contributed by atoms with Crippen LogP contribution in [-0.4, -0.2) is 44.2 Å². The van der Waals surface area contributed by atoms with Gasteiger partial charge in [-0.05, 0) is 37.7 Å². The van der Waals surface area contributed by atoms with Gasteiger partial charge in [0.1, 0.15) is 5.75 Å². The molecule has 0 fully saturated rings. The molecule has 0 aliphatic heterocycles. The molecule has 130 valence electrons. The standard InChI is InChI=1S/C16H25F2N3O2/c1-11(2)14(21(3)4)10-20-16(22)19-9-12-5-7-13(8-6-12)23-15(17)18/h5-8,11,14-15H,9-10H2,1-4H3,(H2,19,20,22)/t14-/m0/s1. The summed E-state index contributed by atoms with van der Waals surface area (Å²) in [6.45, 7) is 2.24. The first kappa shape index (κ1) is 19.2. The lowest BCUT2D eigenvalue weighted by molar-refractivity contribution is -0.0498. The number of hydrogen-bond acceptors (Lipinski definition) is 3. The van der Waals surface area contributed by atoms with E-state index in [1.54, 1.807) is 12.1 Å². The number of alkyl halides is 2. The van der Waals surface area contributed by atoms with Gasteiger partial charge in [0, 0.05) is 19.1 Å². The quantitative estimate of drug-likeness (QED) is 0.771. The minimum absolute atomic E-state index is 0.0963. The van der Waals surface area contributed by atoms with E-state index < -0.39 is 6.61 Å². The Morgan fingerprint density at radius 3 is 2.26 bits per heavy atom. The molecule has 1 aromatic rings. The zero-order valence-electron chi connectivity index (χ0n) is 14.0. The Morgan fingerprint density at radius 2 is 1.78 bits per heavy atom. The van der Waals surface area contributed by atoms with E-state index in [2.05, 4.69) is 34.1 Å². The molecule has 2 N–H and O–H groups in total. The number of urea groups is 1. The van der Waals surface area contributed by atoms with Crippen molar-refractivity contribution in [2.75, 3.05) is 20.6 Å². The zero-order valence-corrected chi connectivity index (χ0v) is 14.0. The molecule has 1 aromatic carbocycles. The van der Waals surface area contributed by atoms with E-state index in [0.717, 1.165) is 5.56 Å². The number of hydrogen-bond donors (Lipinski definition) is 2. The van der Waals surface area contributed by atoms with Crippen LogP contribution >= 0.6 is 0 Å². The normalized spacial score (nSPS) is 12.6. The highest BCUT2D eigenvalue weighted by molar-refractivity contribution is 5.73. The van der Waals surface area contributed by atoms with Gasteiger partial charge in [0.25, 0.3) is 0 Å². The van der Waals surface area contributed by atoms with Crippen LogP contribution in [-0.2, 0) is 6.54 Å². The summed E-state index contributed by atoms with van der Waals surface area (Å²) < 4.78 is 28.4. The van der Waals surface area contributed by atoms with Crippen molar-refractivity contribution in [3.05, 3.63) is 29.8 Å². The highest BCUT2D eigenvalue weighted by atomic mass is 19.3. The van der Waals surface area contributed by atoms with Crippen LogP contribution in [0.4, 0.5) is 13.6 Å². The molecule has 0 aliphatic carbocycles. The third-order valence-corrected chi connectivity index (χ3v) is 3.51. The number of carbonyl (C=O) groups excluding carboxylic acids is 1. The monoisotopic (exact) mass is 329 g/mol. The zero-order chi connectivity index (χ0) is 17.4. The van der Waals surface area contributed by atoms with Crippen LogP contribution in [0, 0.1) is 5.92 Å². The molecule has 0 heterocycles. The van der Waals surface area contributed by atoms with Crippen LogP contribution in [0.25, 0.3) is 0 Å². The summed E-state index contributed by atoms with van der Waals surface area (Å²) in [5, 5.41) is 5.57. The molecule has 7 heteroatoms. The van der Waals surface area contributed by atoms with Gasteiger partial charge in [-0.25, -0.2) is 4.79 Å². The fourth-order valence-corrected chi connectivity index (χ4v) is 2.25. The van der Waals surface area contributed by atoms with E-state index in [0.29, 0.717) is 19.0 Å². The highest BCUT2D eigenvalue weighted by Crippen LogP contribution is 2.14. The number of amides is 2. The van der Waals surface area contributed by atoms with Crippen LogP contribution in [0.2, 0.25) is 0 Å². The molecule has 0 radical (unpaired) electrons. The summed E-state index contributed by atoms with van der Waals surface area (Å²) in [6, 6.07) is 6.16. The Bertz CT molecular complexity index is 471. The van der Waals surface area contributed by atoms with E-state index in [-0.39, 0.29) is 17.8 Å². The lowest BCUT2D eigenvalue weighted by Gasteiger charge is -2.28. The third-order valence-electron chi connectivity index (χ3n) is 3.51. The van der Waals surface area contributed by atoms with E-state index in [9.17, 15) is 13.6 Å². The van der Waals surface area contributed by atoms with Crippen molar-refractivity contribution in [2.45, 2.75) is 33.0 Å². The number of rotatable bonds is 8. The van der Waals surface area contributed by atoms with Crippen molar-refractivity contribution in [1.82, 2.24) is 15.5 Å². The molecular formula is C16H25F2N3O2. The summed E-state index contributed by atoms with van der Waals surface area (Å²) in [7, 11) is 3.96. The van der Waals surface area contributed by atoms with Crippen LogP contribution in [0.5, 0.6) is 5.75 Å². The van der Waals surface area contributed by atoms with Crippen LogP contribution < -0.4 is 15.4 Å². The smallest absolute Gasteiger partial charge is 0.387 e. The molecule has 0 unspecified atom stereocenters. The number of benzene rings is 1. The second kappa shape index (κ2) is 9.29. The molecule has 0 spiro atoms. The van der Waals surface area contributed by atoms with Gasteiger partial charge in [0.15, 0.2) is 0 Å². The van der Waals surface area contributed by atoms with Crippen molar-refractivity contribution < 1.29 is 18.3 Å². The molecule has 0 saturated heterocycles. The minimum Gasteiger partial charge on any atom is -0.435 e. The van der Waals surface area contributed by atoms with Crippen LogP contribution in [0.1, 0.15) is 19.4 Å². The number of carbonyl (C=O) groups is 1. The van der Waals surface area contributed by atoms with Gasteiger partial charge in [0.2, 0.25) is 0 Å². The average Bonchev–Trinajstić information content (AvgIpc) is 2.45. The summed E-state index contributed by atoms with van der Waals surface area (Å²) in [5.41, 5.74) is 0.801. The number of ether oxygens (including phenoxy) is 1. The minimum atomic E-state index is -2.84. The number of nitrogens with zero attached hydrogens (tertiary/aromatic N) is 1. The topological polar surface area (TPSA) is 53.6 Å². The summed E-state index contributed by atoms with van der Waals surface area (Å²) in [5.74, 6) is 0.520. The molecule has 2 amide bonds. The Kier molecular flexibility index (Phi) is 7.74. The molecule has 0 aromatic heterocycles. The van der Waals surface area contributed by atoms with Crippen molar-refractivity contribution in [1.29, 1.82) is 0 Å². The van der Waals surface area contributed by atoms with Crippen molar-refractivity contribution in [3.8, 4) is 5.75 Å². The van der Waals surface area contributed by atoms with Gasteiger partial charge in [0.05, 0.1) is 0 Å². The summed E-state index contributed by atoms with van der Waals surface area (Å²) in [6.07, 6.45) is 0. The van der Waals surface area contributed by atoms with E-state index >= 15 is 0 Å². The largest absolute Gasteiger partial charge is 0.435 e. The lowest BCUT2D eigenvalue weighted by atomic mass is 10.0. The van der Waals surface area contributed by atoms with Gasteiger partial charge in [-0.3, -0.25) is 0 Å². The number of nitrogens with one attached hydrogen (secondary N) is 2. The Morgan fingerprint density at radius 1 is 1.17 bits per heavy atom. The van der Waals surface area contributed by atoms with Gasteiger partial charge in [-0.1, -0.05) is 26.0 Å². The highest BCUT2D eigenvalue weighted by Gasteiger charge is 2.16. The SMILES string of the molecule is CC(C)[C@H](CNC(=O)NCc1ccc(OC(F)F)cc1)N(C)C. The van der Waals surface area contributed by atoms with Gasteiger partial charge in [-0.15, -0.1) is 0 Å². The van der Waals surface area contributed by atoms with Crippen LogP contribution in [0.3, 0.4) is 0 Å². The molecule has 0 saturated carbocycles. The summed E-state index contributed by atoms with van der Waals surface area (Å²) >= 11 is 0. The Labute approximate surface area is 136 Å². The molecule has 0 aliphatic rings. The van der Waals surface area contributed by atoms with Gasteiger partial charge in [-0.2, -0.15) is 8.78 Å². The second-order valence-corrected chi connectivity index (χ2v) is 5.86. The molecule has 5 nitrogen and oxygen atoms in total. The number of halogens is 2. The predicted octanol–water partition coefficient (Wildman–Crippen LogP) is 2.67. The van der Waals surface area contributed by atoms with E-state index in [1.807, 2.05) is 14.1 Å². The first-order valence-electron chi connectivity index (χ1n) is 7.51. The molecule has 0 bridgehead atoms. The average molecular weight is 329 g/mol. The van der Waals surface area contributed by atoms with Gasteiger partial charge >= 0.3 is 12.6 Å². The fraction of sp³-hybridized carbons (Fsp3) is 0.562. The Hall–Kier alpha value is -1.89. The third kappa shape index (κ3) is 7.27.